The van der Waals surface area contributed by atoms with Crippen LogP contribution >= 0.6 is 0 Å². The predicted octanol–water partition coefficient (Wildman–Crippen LogP) is 2.74. The number of fused-ring (bicyclic) bond motifs is 2. The molecule has 3 heterocycles. The number of nitrogens with one attached hydrogen (secondary N) is 1. The Balaban J connectivity index is 1.81. The van der Waals surface area contributed by atoms with Gasteiger partial charge in [0.15, 0.2) is 0 Å². The highest BCUT2D eigenvalue weighted by Gasteiger charge is 2.41. The number of rotatable bonds is 4. The van der Waals surface area contributed by atoms with E-state index in [1.165, 1.54) is 31.9 Å². The smallest absolute Gasteiger partial charge is 0.141 e. The van der Waals surface area contributed by atoms with Gasteiger partial charge in [0.2, 0.25) is 0 Å². The molecule has 0 radical (unpaired) electrons. The van der Waals surface area contributed by atoms with Crippen LogP contribution in [0.1, 0.15) is 44.2 Å². The van der Waals surface area contributed by atoms with Crippen molar-refractivity contribution in [2.24, 2.45) is 5.92 Å². The molecule has 3 unspecified atom stereocenters. The Hall–Kier alpha value is -1.00. The third kappa shape index (κ3) is 2.59. The normalized spacial score (nSPS) is 31.4. The van der Waals surface area contributed by atoms with Crippen molar-refractivity contribution in [3.8, 4) is 0 Å². The van der Waals surface area contributed by atoms with E-state index in [4.69, 9.17) is 0 Å². The molecule has 0 aromatic carbocycles. The van der Waals surface area contributed by atoms with Crippen molar-refractivity contribution in [2.45, 2.75) is 50.7 Å². The van der Waals surface area contributed by atoms with Crippen LogP contribution in [0, 0.1) is 11.7 Å². The highest BCUT2D eigenvalue weighted by Crippen LogP contribution is 2.42. The van der Waals surface area contributed by atoms with Gasteiger partial charge in [-0.1, -0.05) is 6.92 Å². The van der Waals surface area contributed by atoms with Gasteiger partial charge in [-0.15, -0.1) is 0 Å². The molecule has 2 bridgehead atoms. The van der Waals surface area contributed by atoms with E-state index in [-0.39, 0.29) is 11.9 Å². The second-order valence-electron chi connectivity index (χ2n) is 6.25. The van der Waals surface area contributed by atoms with E-state index in [9.17, 15) is 4.39 Å². The first-order valence-electron chi connectivity index (χ1n) is 7.74. The third-order valence-corrected chi connectivity index (χ3v) is 5.12. The minimum absolute atomic E-state index is 0.235. The lowest BCUT2D eigenvalue weighted by Gasteiger charge is -2.40. The first-order valence-corrected chi connectivity index (χ1v) is 7.74. The Morgan fingerprint density at radius 3 is 2.65 bits per heavy atom. The van der Waals surface area contributed by atoms with E-state index in [1.807, 2.05) is 6.20 Å². The maximum atomic E-state index is 13.5. The van der Waals surface area contributed by atoms with E-state index in [0.717, 1.165) is 12.1 Å². The van der Waals surface area contributed by atoms with Crippen molar-refractivity contribution in [2.75, 3.05) is 13.6 Å². The van der Waals surface area contributed by atoms with Crippen molar-refractivity contribution in [3.63, 3.8) is 0 Å². The molecule has 3 atom stereocenters. The van der Waals surface area contributed by atoms with Crippen LogP contribution in [-0.4, -0.2) is 35.6 Å². The van der Waals surface area contributed by atoms with Crippen LogP contribution in [0.15, 0.2) is 18.5 Å². The SMILES string of the molecule is CCNC(c1cncc(F)c1)C1CC2CCC(C1)N2C. The van der Waals surface area contributed by atoms with Crippen LogP contribution in [0.3, 0.4) is 0 Å². The van der Waals surface area contributed by atoms with Crippen LogP contribution in [-0.2, 0) is 0 Å². The van der Waals surface area contributed by atoms with E-state index in [0.29, 0.717) is 18.0 Å². The number of nitrogens with zero attached hydrogens (tertiary/aromatic N) is 2. The summed E-state index contributed by atoms with van der Waals surface area (Å²) < 4.78 is 13.5. The minimum atomic E-state index is -0.235. The zero-order valence-corrected chi connectivity index (χ0v) is 12.3. The van der Waals surface area contributed by atoms with E-state index < -0.39 is 0 Å². The Morgan fingerprint density at radius 2 is 2.05 bits per heavy atom. The van der Waals surface area contributed by atoms with Crippen molar-refractivity contribution in [3.05, 3.63) is 29.8 Å². The maximum absolute atomic E-state index is 13.5. The molecule has 1 aromatic heterocycles. The van der Waals surface area contributed by atoms with Crippen molar-refractivity contribution in [1.29, 1.82) is 0 Å². The van der Waals surface area contributed by atoms with Gasteiger partial charge in [0.25, 0.3) is 0 Å². The number of piperidine rings is 1. The summed E-state index contributed by atoms with van der Waals surface area (Å²) in [6.45, 7) is 3.02. The molecule has 4 heteroatoms. The lowest BCUT2D eigenvalue weighted by Crippen LogP contribution is -2.43. The monoisotopic (exact) mass is 277 g/mol. The summed E-state index contributed by atoms with van der Waals surface area (Å²) in [5, 5.41) is 3.55. The molecule has 110 valence electrons. The molecular formula is C16H24FN3. The van der Waals surface area contributed by atoms with Crippen LogP contribution in [0.4, 0.5) is 4.39 Å². The lowest BCUT2D eigenvalue weighted by molar-refractivity contribution is 0.112. The molecular weight excluding hydrogens is 253 g/mol. The van der Waals surface area contributed by atoms with Gasteiger partial charge in [0, 0.05) is 24.3 Å². The molecule has 1 N–H and O–H groups in total. The zero-order valence-electron chi connectivity index (χ0n) is 12.3. The molecule has 20 heavy (non-hydrogen) atoms. The minimum Gasteiger partial charge on any atom is -0.310 e. The second-order valence-corrected chi connectivity index (χ2v) is 6.25. The fourth-order valence-corrected chi connectivity index (χ4v) is 4.10. The summed E-state index contributed by atoms with van der Waals surface area (Å²) in [6, 6.07) is 3.29. The quantitative estimate of drug-likeness (QED) is 0.917. The summed E-state index contributed by atoms with van der Waals surface area (Å²) in [5.74, 6) is 0.355. The molecule has 2 aliphatic heterocycles. The molecule has 3 rings (SSSR count). The first kappa shape index (κ1) is 14.0. The number of pyridine rings is 1. The largest absolute Gasteiger partial charge is 0.310 e. The van der Waals surface area contributed by atoms with Crippen molar-refractivity contribution in [1.82, 2.24) is 15.2 Å². The van der Waals surface area contributed by atoms with Crippen molar-refractivity contribution >= 4 is 0 Å². The van der Waals surface area contributed by atoms with Gasteiger partial charge in [0.05, 0.1) is 6.20 Å². The number of aromatic nitrogens is 1. The molecule has 3 nitrogen and oxygen atoms in total. The standard InChI is InChI=1S/C16H24FN3/c1-3-19-16(12-6-13(17)10-18-9-12)11-7-14-4-5-15(8-11)20(14)2/h6,9-11,14-16,19H,3-5,7-8H2,1-2H3. The highest BCUT2D eigenvalue weighted by molar-refractivity contribution is 5.17. The average molecular weight is 277 g/mol. The summed E-state index contributed by atoms with van der Waals surface area (Å²) in [4.78, 5) is 6.57. The van der Waals surface area contributed by atoms with Gasteiger partial charge in [0.1, 0.15) is 5.82 Å². The number of halogens is 1. The molecule has 2 fully saturated rings. The molecule has 1 aromatic rings. The van der Waals surface area contributed by atoms with Crippen LogP contribution in [0.25, 0.3) is 0 Å². The Bertz CT molecular complexity index is 451. The van der Waals surface area contributed by atoms with E-state index in [2.05, 4.69) is 29.2 Å². The van der Waals surface area contributed by atoms with Gasteiger partial charge < -0.3 is 10.2 Å². The van der Waals surface area contributed by atoms with E-state index >= 15 is 0 Å². The third-order valence-electron chi connectivity index (χ3n) is 5.12. The van der Waals surface area contributed by atoms with E-state index in [1.54, 1.807) is 6.07 Å². The second kappa shape index (κ2) is 5.78. The van der Waals surface area contributed by atoms with Crippen molar-refractivity contribution < 1.29 is 4.39 Å². The lowest BCUT2D eigenvalue weighted by atomic mass is 9.82. The van der Waals surface area contributed by atoms with Gasteiger partial charge in [-0.05, 0) is 56.8 Å². The Labute approximate surface area is 120 Å². The van der Waals surface area contributed by atoms with Crippen LogP contribution < -0.4 is 5.32 Å². The summed E-state index contributed by atoms with van der Waals surface area (Å²) in [6.07, 6.45) is 8.15. The average Bonchev–Trinajstić information content (AvgIpc) is 2.66. The summed E-state index contributed by atoms with van der Waals surface area (Å²) in [5.41, 5.74) is 1.00. The summed E-state index contributed by atoms with van der Waals surface area (Å²) >= 11 is 0. The highest BCUT2D eigenvalue weighted by atomic mass is 19.1. The van der Waals surface area contributed by atoms with Gasteiger partial charge in [-0.3, -0.25) is 4.98 Å². The molecule has 0 amide bonds. The fourth-order valence-electron chi connectivity index (χ4n) is 4.10. The van der Waals surface area contributed by atoms with Gasteiger partial charge in [-0.2, -0.15) is 0 Å². The molecule has 2 saturated heterocycles. The van der Waals surface area contributed by atoms with Crippen LogP contribution in [0.5, 0.6) is 0 Å². The molecule has 0 saturated carbocycles. The Morgan fingerprint density at radius 1 is 1.35 bits per heavy atom. The fraction of sp³-hybridized carbons (Fsp3) is 0.688. The van der Waals surface area contributed by atoms with Gasteiger partial charge in [-0.25, -0.2) is 4.39 Å². The summed E-state index contributed by atoms with van der Waals surface area (Å²) in [7, 11) is 2.25. The molecule has 0 spiro atoms. The van der Waals surface area contributed by atoms with Gasteiger partial charge >= 0.3 is 0 Å². The van der Waals surface area contributed by atoms with Crippen LogP contribution in [0.2, 0.25) is 0 Å². The predicted molar refractivity (Wildman–Crippen MR) is 77.9 cm³/mol. The molecule has 0 aliphatic carbocycles. The Kier molecular flexibility index (Phi) is 4.03. The topological polar surface area (TPSA) is 28.2 Å². The molecule has 2 aliphatic rings. The first-order chi connectivity index (χ1) is 9.69. The number of hydrogen-bond donors (Lipinski definition) is 1. The zero-order chi connectivity index (χ0) is 14.1. The maximum Gasteiger partial charge on any atom is 0.141 e. The number of hydrogen-bond acceptors (Lipinski definition) is 3.